The normalized spacial score (nSPS) is 11.0. The van der Waals surface area contributed by atoms with Gasteiger partial charge in [-0.25, -0.2) is 8.42 Å². The molecule has 0 radical (unpaired) electrons. The Bertz CT molecular complexity index is 1100. The Hall–Kier alpha value is -3.32. The van der Waals surface area contributed by atoms with Crippen LogP contribution in [0.5, 0.6) is 11.5 Å². The van der Waals surface area contributed by atoms with Gasteiger partial charge in [-0.1, -0.05) is 42.8 Å². The summed E-state index contributed by atoms with van der Waals surface area (Å²) in [6, 6.07) is 22.5. The van der Waals surface area contributed by atoms with E-state index in [1.54, 1.807) is 48.5 Å². The predicted molar refractivity (Wildman–Crippen MR) is 122 cm³/mol. The Morgan fingerprint density at radius 3 is 2.13 bits per heavy atom. The molecule has 0 spiro atoms. The van der Waals surface area contributed by atoms with Crippen LogP contribution in [0.15, 0.2) is 83.8 Å². The van der Waals surface area contributed by atoms with E-state index in [-0.39, 0.29) is 17.3 Å². The number of rotatable bonds is 9. The number of benzene rings is 3. The van der Waals surface area contributed by atoms with Gasteiger partial charge < -0.3 is 10.1 Å². The van der Waals surface area contributed by atoms with Gasteiger partial charge in [0.2, 0.25) is 5.91 Å². The summed E-state index contributed by atoms with van der Waals surface area (Å²) in [5, 5.41) is 2.74. The zero-order valence-electron chi connectivity index (χ0n) is 17.6. The summed E-state index contributed by atoms with van der Waals surface area (Å²) >= 11 is 0. The van der Waals surface area contributed by atoms with Crippen LogP contribution in [0.3, 0.4) is 0 Å². The third kappa shape index (κ3) is 5.86. The largest absolute Gasteiger partial charge is 0.457 e. The number of hydrogen-bond donors (Lipinski definition) is 1. The number of nitrogens with zero attached hydrogens (tertiary/aromatic N) is 1. The summed E-state index contributed by atoms with van der Waals surface area (Å²) in [5.41, 5.74) is 1.33. The molecule has 0 aliphatic rings. The van der Waals surface area contributed by atoms with Crippen LogP contribution in [-0.4, -0.2) is 27.4 Å². The Balaban J connectivity index is 1.90. The Morgan fingerprint density at radius 1 is 0.903 bits per heavy atom. The van der Waals surface area contributed by atoms with E-state index < -0.39 is 10.0 Å². The van der Waals surface area contributed by atoms with Crippen molar-refractivity contribution in [3.63, 3.8) is 0 Å². The average molecular weight is 439 g/mol. The Morgan fingerprint density at radius 2 is 1.52 bits per heavy atom. The summed E-state index contributed by atoms with van der Waals surface area (Å²) in [5.74, 6) is 0.888. The first kappa shape index (κ1) is 22.4. The zero-order valence-corrected chi connectivity index (χ0v) is 18.4. The molecule has 0 aliphatic carbocycles. The average Bonchev–Trinajstić information content (AvgIpc) is 2.77. The molecular formula is C24H26N2O4S. The van der Waals surface area contributed by atoms with Crippen molar-refractivity contribution in [3.8, 4) is 11.5 Å². The number of ether oxygens (including phenoxy) is 1. The molecular weight excluding hydrogens is 412 g/mol. The molecule has 0 fully saturated rings. The highest BCUT2D eigenvalue weighted by Gasteiger charge is 2.27. The van der Waals surface area contributed by atoms with Gasteiger partial charge in [-0.3, -0.25) is 9.10 Å². The smallest absolute Gasteiger partial charge is 0.264 e. The third-order valence-electron chi connectivity index (χ3n) is 4.57. The van der Waals surface area contributed by atoms with Crippen LogP contribution in [-0.2, 0) is 14.8 Å². The summed E-state index contributed by atoms with van der Waals surface area (Å²) in [7, 11) is -3.93. The van der Waals surface area contributed by atoms with E-state index in [4.69, 9.17) is 4.74 Å². The molecule has 1 amide bonds. The molecule has 0 atom stereocenters. The summed E-state index contributed by atoms with van der Waals surface area (Å²) in [6.07, 6.45) is 0.766. The van der Waals surface area contributed by atoms with Crippen molar-refractivity contribution in [3.05, 3.63) is 84.4 Å². The van der Waals surface area contributed by atoms with E-state index in [2.05, 4.69) is 5.32 Å². The third-order valence-corrected chi connectivity index (χ3v) is 6.36. The number of anilines is 1. The van der Waals surface area contributed by atoms with Crippen molar-refractivity contribution in [2.45, 2.75) is 25.2 Å². The van der Waals surface area contributed by atoms with Gasteiger partial charge >= 0.3 is 0 Å². The lowest BCUT2D eigenvalue weighted by molar-refractivity contribution is -0.119. The van der Waals surface area contributed by atoms with Crippen LogP contribution in [0.4, 0.5) is 5.69 Å². The van der Waals surface area contributed by atoms with Crippen molar-refractivity contribution in [2.24, 2.45) is 0 Å². The molecule has 0 heterocycles. The van der Waals surface area contributed by atoms with Crippen LogP contribution in [0.1, 0.15) is 18.9 Å². The molecule has 6 nitrogen and oxygen atoms in total. The van der Waals surface area contributed by atoms with E-state index in [0.29, 0.717) is 23.7 Å². The lowest BCUT2D eigenvalue weighted by Gasteiger charge is -2.24. The van der Waals surface area contributed by atoms with Crippen molar-refractivity contribution < 1.29 is 17.9 Å². The molecule has 3 aromatic carbocycles. The second-order valence-corrected chi connectivity index (χ2v) is 8.95. The van der Waals surface area contributed by atoms with Crippen LogP contribution < -0.4 is 14.4 Å². The highest BCUT2D eigenvalue weighted by atomic mass is 32.2. The van der Waals surface area contributed by atoms with Gasteiger partial charge in [0.05, 0.1) is 10.6 Å². The maximum absolute atomic E-state index is 13.3. The minimum Gasteiger partial charge on any atom is -0.457 e. The van der Waals surface area contributed by atoms with Crippen molar-refractivity contribution in [1.29, 1.82) is 0 Å². The van der Waals surface area contributed by atoms with Gasteiger partial charge in [0, 0.05) is 6.54 Å². The van der Waals surface area contributed by atoms with Crippen molar-refractivity contribution >= 4 is 21.6 Å². The predicted octanol–water partition coefficient (Wildman–Crippen LogP) is 4.51. The molecule has 3 aromatic rings. The van der Waals surface area contributed by atoms with Crippen LogP contribution in [0, 0.1) is 6.92 Å². The van der Waals surface area contributed by atoms with E-state index in [1.165, 1.54) is 0 Å². The number of nitrogens with one attached hydrogen (secondary N) is 1. The van der Waals surface area contributed by atoms with E-state index in [1.807, 2.05) is 44.2 Å². The van der Waals surface area contributed by atoms with Gasteiger partial charge in [0.15, 0.2) is 0 Å². The molecule has 162 valence electrons. The number of carbonyl (C=O) groups is 1. The number of para-hydroxylation sites is 1. The van der Waals surface area contributed by atoms with Crippen LogP contribution in [0.25, 0.3) is 0 Å². The van der Waals surface area contributed by atoms with E-state index >= 15 is 0 Å². The SMILES string of the molecule is CCCNC(=O)CN(c1ccc(Oc2ccccc2)cc1)S(=O)(=O)c1ccc(C)cc1. The molecule has 0 saturated carbocycles. The number of hydrogen-bond acceptors (Lipinski definition) is 4. The number of carbonyl (C=O) groups excluding carboxylic acids is 1. The van der Waals surface area contributed by atoms with E-state index in [0.717, 1.165) is 16.3 Å². The monoisotopic (exact) mass is 438 g/mol. The first-order chi connectivity index (χ1) is 14.9. The molecule has 0 aromatic heterocycles. The van der Waals surface area contributed by atoms with Crippen molar-refractivity contribution in [2.75, 3.05) is 17.4 Å². The second-order valence-electron chi connectivity index (χ2n) is 7.08. The van der Waals surface area contributed by atoms with Gasteiger partial charge in [0.1, 0.15) is 18.0 Å². The lowest BCUT2D eigenvalue weighted by Crippen LogP contribution is -2.41. The van der Waals surface area contributed by atoms with Crippen molar-refractivity contribution in [1.82, 2.24) is 5.32 Å². The van der Waals surface area contributed by atoms with Gasteiger partial charge in [0.25, 0.3) is 10.0 Å². The summed E-state index contributed by atoms with van der Waals surface area (Å²) in [4.78, 5) is 12.5. The molecule has 0 saturated heterocycles. The maximum Gasteiger partial charge on any atom is 0.264 e. The first-order valence-corrected chi connectivity index (χ1v) is 11.5. The minimum absolute atomic E-state index is 0.131. The zero-order chi connectivity index (χ0) is 22.3. The quantitative estimate of drug-likeness (QED) is 0.533. The number of aryl methyl sites for hydroxylation is 1. The van der Waals surface area contributed by atoms with Gasteiger partial charge in [-0.2, -0.15) is 0 Å². The lowest BCUT2D eigenvalue weighted by atomic mass is 10.2. The number of sulfonamides is 1. The fraction of sp³-hybridized carbons (Fsp3) is 0.208. The fourth-order valence-corrected chi connectivity index (χ4v) is 4.33. The minimum atomic E-state index is -3.93. The Kier molecular flexibility index (Phi) is 7.31. The van der Waals surface area contributed by atoms with Crippen LogP contribution >= 0.6 is 0 Å². The summed E-state index contributed by atoms with van der Waals surface area (Å²) in [6.45, 7) is 4.00. The van der Waals surface area contributed by atoms with E-state index in [9.17, 15) is 13.2 Å². The summed E-state index contributed by atoms with van der Waals surface area (Å²) < 4.78 is 33.6. The highest BCUT2D eigenvalue weighted by molar-refractivity contribution is 7.92. The molecule has 3 rings (SSSR count). The molecule has 1 N–H and O–H groups in total. The molecule has 31 heavy (non-hydrogen) atoms. The van der Waals surface area contributed by atoms with Crippen LogP contribution in [0.2, 0.25) is 0 Å². The van der Waals surface area contributed by atoms with Gasteiger partial charge in [-0.05, 0) is 61.9 Å². The molecule has 0 aliphatic heterocycles. The fourth-order valence-electron chi connectivity index (χ4n) is 2.91. The number of amides is 1. The Labute approximate surface area is 183 Å². The second kappa shape index (κ2) is 10.1. The molecule has 0 unspecified atom stereocenters. The topological polar surface area (TPSA) is 75.7 Å². The molecule has 7 heteroatoms. The first-order valence-electron chi connectivity index (χ1n) is 10.1. The molecule has 0 bridgehead atoms. The standard InChI is InChI=1S/C24H26N2O4S/c1-3-17-25-24(27)18-26(31(28,29)23-15-9-19(2)10-16-23)20-11-13-22(14-12-20)30-21-7-5-4-6-8-21/h4-16H,3,17-18H2,1-2H3,(H,25,27). The highest BCUT2D eigenvalue weighted by Crippen LogP contribution is 2.28. The van der Waals surface area contributed by atoms with Gasteiger partial charge in [-0.15, -0.1) is 0 Å². The maximum atomic E-state index is 13.3.